The van der Waals surface area contributed by atoms with Gasteiger partial charge in [0.1, 0.15) is 8.52 Å². The summed E-state index contributed by atoms with van der Waals surface area (Å²) in [5.74, 6) is 0. The van der Waals surface area contributed by atoms with Crippen molar-refractivity contribution in [2.24, 2.45) is 4.41 Å². The van der Waals surface area contributed by atoms with Crippen LogP contribution < -0.4 is 4.34 Å². The van der Waals surface area contributed by atoms with Crippen LogP contribution in [0, 0.1) is 20.8 Å². The fraction of sp³-hybridized carbons (Fsp3) is 0.600. The second-order valence-electron chi connectivity index (χ2n) is 7.59. The number of rotatable bonds is 4. The molecule has 0 aliphatic heterocycles. The summed E-state index contributed by atoms with van der Waals surface area (Å²) in [6.45, 7) is 20.7. The molecule has 0 amide bonds. The van der Waals surface area contributed by atoms with E-state index in [0.29, 0.717) is 0 Å². The highest BCUT2D eigenvalue weighted by Gasteiger charge is 2.27. The summed E-state index contributed by atoms with van der Waals surface area (Å²) >= 11 is 0. The molecule has 0 saturated heterocycles. The van der Waals surface area contributed by atoms with Gasteiger partial charge in [-0.25, -0.2) is 0 Å². The van der Waals surface area contributed by atoms with Crippen LogP contribution >= 0.6 is 8.52 Å². The molecule has 5 heteroatoms. The van der Waals surface area contributed by atoms with Gasteiger partial charge < -0.3 is 4.34 Å². The molecule has 0 aromatic heterocycles. The van der Waals surface area contributed by atoms with Gasteiger partial charge >= 0.3 is 0 Å². The molecule has 0 bridgehead atoms. The Morgan fingerprint density at radius 3 is 1.70 bits per heavy atom. The highest BCUT2D eigenvalue weighted by atomic mass is 31.1. The minimum atomic E-state index is -1.46. The van der Waals surface area contributed by atoms with Crippen molar-refractivity contribution < 1.29 is 0 Å². The first kappa shape index (κ1) is 17.6. The Morgan fingerprint density at radius 2 is 1.35 bits per heavy atom. The zero-order chi connectivity index (χ0) is 15.7. The molecular formula is C15H29N2PSi2. The highest BCUT2D eigenvalue weighted by Crippen LogP contribution is 2.36. The summed E-state index contributed by atoms with van der Waals surface area (Å²) in [4.78, 5) is 0. The van der Waals surface area contributed by atoms with Crippen molar-refractivity contribution in [3.05, 3.63) is 28.8 Å². The molecule has 20 heavy (non-hydrogen) atoms. The molecule has 0 atom stereocenters. The third-order valence-electron chi connectivity index (χ3n) is 2.92. The first-order valence-corrected chi connectivity index (χ1v) is 14.9. The molecule has 1 aromatic rings. The Balaban J connectivity index is 3.37. The van der Waals surface area contributed by atoms with Gasteiger partial charge in [0.2, 0.25) is 0 Å². The normalized spacial score (nSPS) is 13.1. The summed E-state index contributed by atoms with van der Waals surface area (Å²) in [6.07, 6.45) is 0. The van der Waals surface area contributed by atoms with Crippen LogP contribution in [0.4, 0.5) is 5.69 Å². The van der Waals surface area contributed by atoms with E-state index in [1.165, 1.54) is 22.4 Å². The van der Waals surface area contributed by atoms with E-state index in [4.69, 9.17) is 4.41 Å². The van der Waals surface area contributed by atoms with E-state index in [2.05, 4.69) is 76.5 Å². The minimum Gasteiger partial charge on any atom is -0.338 e. The van der Waals surface area contributed by atoms with E-state index in [-0.39, 0.29) is 0 Å². The van der Waals surface area contributed by atoms with Crippen LogP contribution in [0.5, 0.6) is 0 Å². The summed E-state index contributed by atoms with van der Waals surface area (Å²) in [5, 5.41) is 0. The molecular weight excluding hydrogens is 295 g/mol. The zero-order valence-corrected chi connectivity index (χ0v) is 17.4. The maximum absolute atomic E-state index is 4.98. The monoisotopic (exact) mass is 324 g/mol. The number of benzene rings is 1. The topological polar surface area (TPSA) is 15.6 Å². The lowest BCUT2D eigenvalue weighted by Crippen LogP contribution is -2.40. The zero-order valence-electron chi connectivity index (χ0n) is 14.5. The van der Waals surface area contributed by atoms with Gasteiger partial charge in [-0.2, -0.15) is 0 Å². The SMILES string of the molecule is Cc1cc(C)c(N(P=N[Si](C)(C)C)[Si](C)(C)C)c(C)c1. The van der Waals surface area contributed by atoms with Crippen LogP contribution in [0.25, 0.3) is 0 Å². The van der Waals surface area contributed by atoms with Gasteiger partial charge in [0.25, 0.3) is 0 Å². The van der Waals surface area contributed by atoms with E-state index < -0.39 is 16.5 Å². The van der Waals surface area contributed by atoms with Gasteiger partial charge in [0.15, 0.2) is 16.5 Å². The molecule has 1 aromatic carbocycles. The van der Waals surface area contributed by atoms with Gasteiger partial charge in [-0.15, -0.1) is 0 Å². The van der Waals surface area contributed by atoms with Gasteiger partial charge in [-0.1, -0.05) is 37.3 Å². The Kier molecular flexibility index (Phi) is 5.39. The first-order valence-electron chi connectivity index (χ1n) is 7.23. The van der Waals surface area contributed by atoms with Crippen LogP contribution in [-0.4, -0.2) is 16.5 Å². The summed E-state index contributed by atoms with van der Waals surface area (Å²) in [7, 11) is -1.70. The van der Waals surface area contributed by atoms with E-state index in [9.17, 15) is 0 Å². The van der Waals surface area contributed by atoms with Crippen molar-refractivity contribution >= 4 is 30.7 Å². The van der Waals surface area contributed by atoms with Crippen LogP contribution in [0.15, 0.2) is 16.5 Å². The average molecular weight is 325 g/mol. The molecule has 0 heterocycles. The average Bonchev–Trinajstić information content (AvgIpc) is 2.17. The molecule has 0 spiro atoms. The number of hydrogen-bond donors (Lipinski definition) is 0. The fourth-order valence-corrected chi connectivity index (χ4v) is 6.53. The van der Waals surface area contributed by atoms with E-state index >= 15 is 0 Å². The standard InChI is InChI=1S/C15H29N2PSi2/c1-12-10-13(2)15(14(3)11-12)17(20(7,8)9)18-16-19(4,5)6/h10-11H,1-9H3. The van der Waals surface area contributed by atoms with Crippen LogP contribution in [0.3, 0.4) is 0 Å². The highest BCUT2D eigenvalue weighted by molar-refractivity contribution is 7.37. The fourth-order valence-electron chi connectivity index (χ4n) is 2.20. The lowest BCUT2D eigenvalue weighted by Gasteiger charge is -2.34. The third kappa shape index (κ3) is 4.83. The number of aryl methyl sites for hydroxylation is 3. The lowest BCUT2D eigenvalue weighted by molar-refractivity contribution is 1.28. The summed E-state index contributed by atoms with van der Waals surface area (Å²) in [6, 6.07) is 4.58. The number of hydrogen-bond acceptors (Lipinski definition) is 1. The first-order chi connectivity index (χ1) is 8.92. The Labute approximate surface area is 128 Å². The van der Waals surface area contributed by atoms with Crippen LogP contribution in [0.1, 0.15) is 16.7 Å². The van der Waals surface area contributed by atoms with Crippen molar-refractivity contribution in [1.29, 1.82) is 0 Å². The van der Waals surface area contributed by atoms with E-state index in [0.717, 1.165) is 8.52 Å². The van der Waals surface area contributed by atoms with Gasteiger partial charge in [-0.3, -0.25) is 4.41 Å². The predicted octanol–water partition coefficient (Wildman–Crippen LogP) is 6.13. The van der Waals surface area contributed by atoms with Gasteiger partial charge in [-0.05, 0) is 51.5 Å². The van der Waals surface area contributed by atoms with Gasteiger partial charge in [0, 0.05) is 5.69 Å². The molecule has 0 N–H and O–H groups in total. The minimum absolute atomic E-state index is 1.14. The van der Waals surface area contributed by atoms with Gasteiger partial charge in [0.05, 0.1) is 0 Å². The number of anilines is 1. The van der Waals surface area contributed by atoms with Crippen LogP contribution in [-0.2, 0) is 0 Å². The largest absolute Gasteiger partial charge is 0.338 e. The third-order valence-corrected chi connectivity index (χ3v) is 9.62. The second kappa shape index (κ2) is 6.12. The molecule has 0 unspecified atom stereocenters. The van der Waals surface area contributed by atoms with E-state index in [1.807, 2.05) is 0 Å². The summed E-state index contributed by atoms with van der Waals surface area (Å²) in [5.41, 5.74) is 5.50. The summed E-state index contributed by atoms with van der Waals surface area (Å²) < 4.78 is 7.54. The van der Waals surface area contributed by atoms with Crippen molar-refractivity contribution in [3.63, 3.8) is 0 Å². The van der Waals surface area contributed by atoms with Crippen molar-refractivity contribution in [2.75, 3.05) is 4.34 Å². The molecule has 0 aliphatic carbocycles. The molecule has 0 aliphatic rings. The Hall–Kier alpha value is -0.446. The molecule has 1 rings (SSSR count). The lowest BCUT2D eigenvalue weighted by atomic mass is 10.1. The van der Waals surface area contributed by atoms with Crippen LogP contribution in [0.2, 0.25) is 39.3 Å². The molecule has 0 saturated carbocycles. The number of nitrogens with zero attached hydrogens (tertiary/aromatic N) is 2. The second-order valence-corrected chi connectivity index (χ2v) is 18.5. The molecule has 2 nitrogen and oxygen atoms in total. The van der Waals surface area contributed by atoms with E-state index in [1.54, 1.807) is 0 Å². The Bertz CT molecular complexity index is 491. The molecule has 0 fully saturated rings. The Morgan fingerprint density at radius 1 is 0.900 bits per heavy atom. The predicted molar refractivity (Wildman–Crippen MR) is 99.2 cm³/mol. The quantitative estimate of drug-likeness (QED) is 0.480. The maximum Gasteiger partial charge on any atom is 0.180 e. The molecule has 112 valence electrons. The molecule has 0 radical (unpaired) electrons. The maximum atomic E-state index is 4.98. The van der Waals surface area contributed by atoms with Crippen molar-refractivity contribution in [2.45, 2.75) is 60.1 Å². The van der Waals surface area contributed by atoms with Crippen molar-refractivity contribution in [1.82, 2.24) is 0 Å². The van der Waals surface area contributed by atoms with Crippen molar-refractivity contribution in [3.8, 4) is 0 Å². The smallest absolute Gasteiger partial charge is 0.180 e.